The first-order valence-corrected chi connectivity index (χ1v) is 7.35. The highest BCUT2D eigenvalue weighted by Gasteiger charge is 2.08. The predicted molar refractivity (Wildman–Crippen MR) is 79.3 cm³/mol. The van der Waals surface area contributed by atoms with Gasteiger partial charge in [-0.1, -0.05) is 12.1 Å². The van der Waals surface area contributed by atoms with Gasteiger partial charge in [0.05, 0.1) is 15.5 Å². The Bertz CT molecular complexity index is 654. The zero-order valence-electron chi connectivity index (χ0n) is 8.96. The normalized spacial score (nSPS) is 10.7. The van der Waals surface area contributed by atoms with Crippen molar-refractivity contribution in [2.45, 2.75) is 6.54 Å². The Morgan fingerprint density at radius 2 is 1.94 bits per heavy atom. The molecule has 0 radical (unpaired) electrons. The first-order chi connectivity index (χ1) is 8.49. The summed E-state index contributed by atoms with van der Waals surface area (Å²) in [4.78, 5) is 11.9. The minimum Gasteiger partial charge on any atom is -0.309 e. The largest absolute Gasteiger partial charge is 0.309 e. The fourth-order valence-corrected chi connectivity index (χ4v) is 3.18. The average Bonchev–Trinajstić information content (AvgIpc) is 2.31. The van der Waals surface area contributed by atoms with E-state index >= 15 is 0 Å². The van der Waals surface area contributed by atoms with Gasteiger partial charge in [0.25, 0.3) is 5.56 Å². The van der Waals surface area contributed by atoms with Gasteiger partial charge in [-0.25, -0.2) is 4.39 Å². The molecule has 0 amide bonds. The van der Waals surface area contributed by atoms with Gasteiger partial charge in [-0.3, -0.25) is 4.79 Å². The van der Waals surface area contributed by atoms with Crippen molar-refractivity contribution in [3.8, 4) is 0 Å². The van der Waals surface area contributed by atoms with Crippen LogP contribution in [0.1, 0.15) is 5.56 Å². The Kier molecular flexibility index (Phi) is 4.40. The Balaban J connectivity index is 2.46. The third-order valence-electron chi connectivity index (χ3n) is 2.38. The summed E-state index contributed by atoms with van der Waals surface area (Å²) in [5.41, 5.74) is 0.552. The molecule has 2 nitrogen and oxygen atoms in total. The lowest BCUT2D eigenvalue weighted by molar-refractivity contribution is 0.615. The van der Waals surface area contributed by atoms with Crippen molar-refractivity contribution < 1.29 is 4.39 Å². The Morgan fingerprint density at radius 3 is 2.67 bits per heavy atom. The SMILES string of the molecule is O=c1c(Br)cc(Br)cn1Cc1cccc(F)c1Br. The van der Waals surface area contributed by atoms with E-state index in [1.54, 1.807) is 24.4 Å². The van der Waals surface area contributed by atoms with Crippen molar-refractivity contribution in [3.63, 3.8) is 0 Å². The molecule has 1 heterocycles. The number of pyridine rings is 1. The number of benzene rings is 1. The van der Waals surface area contributed by atoms with Gasteiger partial charge in [0.1, 0.15) is 5.82 Å². The van der Waals surface area contributed by atoms with Crippen molar-refractivity contribution in [2.24, 2.45) is 0 Å². The Labute approximate surface area is 128 Å². The lowest BCUT2D eigenvalue weighted by Gasteiger charge is -2.09. The minimum absolute atomic E-state index is 0.158. The Morgan fingerprint density at radius 1 is 1.22 bits per heavy atom. The standard InChI is InChI=1S/C12H7Br3FNO/c13-8-4-9(14)12(18)17(6-8)5-7-2-1-3-10(16)11(7)15/h1-4,6H,5H2. The lowest BCUT2D eigenvalue weighted by atomic mass is 10.2. The van der Waals surface area contributed by atoms with Crippen LogP contribution in [0.2, 0.25) is 0 Å². The van der Waals surface area contributed by atoms with Gasteiger partial charge in [0.2, 0.25) is 0 Å². The van der Waals surface area contributed by atoms with E-state index in [-0.39, 0.29) is 11.4 Å². The van der Waals surface area contributed by atoms with Gasteiger partial charge >= 0.3 is 0 Å². The van der Waals surface area contributed by atoms with E-state index in [9.17, 15) is 9.18 Å². The molecule has 0 saturated heterocycles. The highest BCUT2D eigenvalue weighted by Crippen LogP contribution is 2.21. The van der Waals surface area contributed by atoms with Gasteiger partial charge in [-0.05, 0) is 65.5 Å². The van der Waals surface area contributed by atoms with Crippen LogP contribution < -0.4 is 5.56 Å². The van der Waals surface area contributed by atoms with Gasteiger partial charge in [0.15, 0.2) is 0 Å². The van der Waals surface area contributed by atoms with Crippen molar-refractivity contribution >= 4 is 47.8 Å². The summed E-state index contributed by atoms with van der Waals surface area (Å²) in [5.74, 6) is -0.338. The van der Waals surface area contributed by atoms with Crippen LogP contribution in [0.25, 0.3) is 0 Å². The first-order valence-electron chi connectivity index (χ1n) is 4.97. The molecule has 0 unspecified atom stereocenters. The van der Waals surface area contributed by atoms with Gasteiger partial charge in [0, 0.05) is 10.7 Å². The molecule has 0 N–H and O–H groups in total. The molecule has 0 atom stereocenters. The summed E-state index contributed by atoms with van der Waals surface area (Å²) in [6, 6.07) is 6.44. The molecular formula is C12H7Br3FNO. The molecule has 2 rings (SSSR count). The topological polar surface area (TPSA) is 22.0 Å². The zero-order chi connectivity index (χ0) is 13.3. The molecule has 6 heteroatoms. The Hall–Kier alpha value is -0.460. The number of hydrogen-bond acceptors (Lipinski definition) is 1. The van der Waals surface area contributed by atoms with E-state index in [4.69, 9.17) is 0 Å². The molecule has 0 aliphatic heterocycles. The van der Waals surface area contributed by atoms with Gasteiger partial charge in [-0.2, -0.15) is 0 Å². The molecular weight excluding hydrogens is 433 g/mol. The summed E-state index contributed by atoms with van der Waals surface area (Å²) >= 11 is 9.70. The third kappa shape index (κ3) is 2.92. The molecule has 2 aromatic rings. The van der Waals surface area contributed by atoms with E-state index in [1.165, 1.54) is 10.6 Å². The van der Waals surface area contributed by atoms with Crippen LogP contribution >= 0.6 is 47.8 Å². The molecule has 0 aliphatic carbocycles. The smallest absolute Gasteiger partial charge is 0.265 e. The number of aromatic nitrogens is 1. The minimum atomic E-state index is -0.338. The van der Waals surface area contributed by atoms with Crippen LogP contribution in [0.4, 0.5) is 4.39 Å². The first kappa shape index (κ1) is 14.0. The monoisotopic (exact) mass is 437 g/mol. The molecule has 1 aromatic heterocycles. The maximum atomic E-state index is 13.4. The second-order valence-corrected chi connectivity index (χ2v) is 6.22. The fourth-order valence-electron chi connectivity index (χ4n) is 1.54. The van der Waals surface area contributed by atoms with E-state index in [0.29, 0.717) is 21.1 Å². The number of rotatable bonds is 2. The molecule has 1 aromatic carbocycles. The summed E-state index contributed by atoms with van der Waals surface area (Å²) in [5, 5.41) is 0. The second kappa shape index (κ2) is 5.67. The second-order valence-electron chi connectivity index (χ2n) is 3.65. The van der Waals surface area contributed by atoms with Crippen LogP contribution in [0.3, 0.4) is 0 Å². The van der Waals surface area contributed by atoms with Gasteiger partial charge < -0.3 is 4.57 Å². The van der Waals surface area contributed by atoms with Gasteiger partial charge in [-0.15, -0.1) is 0 Å². The van der Waals surface area contributed by atoms with Crippen LogP contribution in [0.15, 0.2) is 48.7 Å². The molecule has 18 heavy (non-hydrogen) atoms. The summed E-state index contributed by atoms with van der Waals surface area (Å²) in [6.07, 6.45) is 1.67. The van der Waals surface area contributed by atoms with Crippen molar-refractivity contribution in [1.29, 1.82) is 0 Å². The van der Waals surface area contributed by atoms with E-state index in [0.717, 1.165) is 4.47 Å². The van der Waals surface area contributed by atoms with Crippen molar-refractivity contribution in [3.05, 3.63) is 65.6 Å². The number of hydrogen-bond donors (Lipinski definition) is 0. The molecule has 0 saturated carbocycles. The molecule has 0 spiro atoms. The fraction of sp³-hybridized carbons (Fsp3) is 0.0833. The highest BCUT2D eigenvalue weighted by atomic mass is 79.9. The zero-order valence-corrected chi connectivity index (χ0v) is 13.7. The van der Waals surface area contributed by atoms with Crippen LogP contribution in [-0.4, -0.2) is 4.57 Å². The van der Waals surface area contributed by atoms with Crippen molar-refractivity contribution in [1.82, 2.24) is 4.57 Å². The quantitative estimate of drug-likeness (QED) is 0.683. The van der Waals surface area contributed by atoms with E-state index < -0.39 is 0 Å². The third-order valence-corrected chi connectivity index (χ3v) is 4.27. The average molecular weight is 440 g/mol. The maximum Gasteiger partial charge on any atom is 0.265 e. The maximum absolute atomic E-state index is 13.4. The molecule has 0 aliphatic rings. The lowest BCUT2D eigenvalue weighted by Crippen LogP contribution is -2.21. The van der Waals surface area contributed by atoms with Crippen molar-refractivity contribution in [2.75, 3.05) is 0 Å². The summed E-state index contributed by atoms with van der Waals surface area (Å²) in [6.45, 7) is 0.301. The highest BCUT2D eigenvalue weighted by molar-refractivity contribution is 9.11. The number of halogens is 4. The molecule has 0 fully saturated rings. The van der Waals surface area contributed by atoms with Crippen LogP contribution in [0, 0.1) is 5.82 Å². The molecule has 94 valence electrons. The van der Waals surface area contributed by atoms with E-state index in [2.05, 4.69) is 47.8 Å². The predicted octanol–water partition coefficient (Wildman–Crippen LogP) is 4.32. The number of nitrogens with zero attached hydrogens (tertiary/aromatic N) is 1. The summed E-state index contributed by atoms with van der Waals surface area (Å²) in [7, 11) is 0. The van der Waals surface area contributed by atoms with E-state index in [1.807, 2.05) is 0 Å². The molecule has 0 bridgehead atoms. The summed E-state index contributed by atoms with van der Waals surface area (Å²) < 4.78 is 16.5. The van der Waals surface area contributed by atoms with Crippen LogP contribution in [-0.2, 0) is 6.54 Å². The van der Waals surface area contributed by atoms with Crippen LogP contribution in [0.5, 0.6) is 0 Å².